The minimum Gasteiger partial charge on any atom is -0.485 e. The molecule has 1 aromatic heterocycles. The number of hydrogen-bond acceptors (Lipinski definition) is 5. The molecule has 1 aliphatic heterocycles. The molecule has 2 heterocycles. The summed E-state index contributed by atoms with van der Waals surface area (Å²) in [7, 11) is 0. The van der Waals surface area contributed by atoms with Crippen molar-refractivity contribution in [1.82, 2.24) is 4.98 Å². The number of nitrogens with zero attached hydrogens (tertiary/aromatic N) is 2. The van der Waals surface area contributed by atoms with Gasteiger partial charge in [0.25, 0.3) is 5.91 Å². The molecule has 0 aliphatic carbocycles. The Kier molecular flexibility index (Phi) is 4.85. The van der Waals surface area contributed by atoms with Crippen molar-refractivity contribution >= 4 is 38.3 Å². The summed E-state index contributed by atoms with van der Waals surface area (Å²) in [6.07, 6.45) is 0.128. The molecule has 1 unspecified atom stereocenters. The number of carbonyl (C=O) groups is 1. The molecule has 0 N–H and O–H groups in total. The molecule has 5 nitrogen and oxygen atoms in total. The Bertz CT molecular complexity index is 1190. The van der Waals surface area contributed by atoms with Crippen molar-refractivity contribution in [3.05, 3.63) is 78.4 Å². The number of ether oxygens (including phenoxy) is 2. The van der Waals surface area contributed by atoms with Gasteiger partial charge in [0.15, 0.2) is 16.6 Å². The van der Waals surface area contributed by atoms with Crippen LogP contribution in [-0.2, 0) is 11.2 Å². The van der Waals surface area contributed by atoms with Gasteiger partial charge in [-0.15, -0.1) is 0 Å². The number of rotatable bonds is 4. The number of carbonyl (C=O) groups excluding carboxylic acids is 1. The monoisotopic (exact) mass is 416 g/mol. The van der Waals surface area contributed by atoms with E-state index in [0.717, 1.165) is 27.9 Å². The van der Waals surface area contributed by atoms with Crippen molar-refractivity contribution in [2.24, 2.45) is 0 Å². The Morgan fingerprint density at radius 2 is 1.87 bits per heavy atom. The van der Waals surface area contributed by atoms with Crippen LogP contribution >= 0.6 is 11.3 Å². The van der Waals surface area contributed by atoms with Crippen molar-refractivity contribution in [3.63, 3.8) is 0 Å². The fourth-order valence-electron chi connectivity index (χ4n) is 3.49. The van der Waals surface area contributed by atoms with Crippen molar-refractivity contribution in [2.75, 3.05) is 11.5 Å². The first-order valence-corrected chi connectivity index (χ1v) is 10.7. The summed E-state index contributed by atoms with van der Waals surface area (Å²) in [5, 5.41) is 0.622. The summed E-state index contributed by atoms with van der Waals surface area (Å²) in [5.41, 5.74) is 2.80. The number of aryl methyl sites for hydroxylation is 1. The molecule has 0 spiro atoms. The van der Waals surface area contributed by atoms with E-state index in [0.29, 0.717) is 16.6 Å². The van der Waals surface area contributed by atoms with Crippen LogP contribution < -0.4 is 14.4 Å². The maximum absolute atomic E-state index is 13.7. The van der Waals surface area contributed by atoms with E-state index in [2.05, 4.69) is 13.0 Å². The Balaban J connectivity index is 1.56. The zero-order chi connectivity index (χ0) is 20.5. The summed E-state index contributed by atoms with van der Waals surface area (Å²) in [6.45, 7) is 2.25. The first-order chi connectivity index (χ1) is 14.7. The van der Waals surface area contributed by atoms with Gasteiger partial charge in [0.2, 0.25) is 6.10 Å². The molecule has 0 saturated heterocycles. The van der Waals surface area contributed by atoms with Crippen LogP contribution in [0.1, 0.15) is 12.5 Å². The number of thiazole rings is 1. The number of amides is 1. The Labute approximate surface area is 178 Å². The van der Waals surface area contributed by atoms with Gasteiger partial charge in [-0.2, -0.15) is 0 Å². The lowest BCUT2D eigenvalue weighted by Crippen LogP contribution is -2.44. The third kappa shape index (κ3) is 3.39. The maximum Gasteiger partial charge on any atom is 0.278 e. The van der Waals surface area contributed by atoms with Gasteiger partial charge < -0.3 is 9.47 Å². The first-order valence-electron chi connectivity index (χ1n) is 9.90. The van der Waals surface area contributed by atoms with Crippen molar-refractivity contribution in [1.29, 1.82) is 0 Å². The van der Waals surface area contributed by atoms with Crippen LogP contribution in [-0.4, -0.2) is 23.6 Å². The smallest absolute Gasteiger partial charge is 0.278 e. The van der Waals surface area contributed by atoms with Gasteiger partial charge in [0.1, 0.15) is 6.61 Å². The normalized spacial score (nSPS) is 15.2. The standard InChI is InChI=1S/C24H20N2O3S/c1-2-16-8-7-9-17(14-16)26(24-25-18-10-3-6-13-22(18)30-24)23(27)21-15-28-19-11-4-5-12-20(19)29-21/h3-14,21H,2,15H2,1H3. The fourth-order valence-corrected chi connectivity index (χ4v) is 4.48. The van der Waals surface area contributed by atoms with Crippen LogP contribution in [0.25, 0.3) is 10.2 Å². The zero-order valence-corrected chi connectivity index (χ0v) is 17.3. The highest BCUT2D eigenvalue weighted by atomic mass is 32.1. The molecule has 0 bridgehead atoms. The van der Waals surface area contributed by atoms with Crippen LogP contribution in [0.2, 0.25) is 0 Å². The van der Waals surface area contributed by atoms with Crippen molar-refractivity contribution in [3.8, 4) is 11.5 Å². The zero-order valence-electron chi connectivity index (χ0n) is 16.4. The summed E-state index contributed by atoms with van der Waals surface area (Å²) >= 11 is 1.49. The predicted molar refractivity (Wildman–Crippen MR) is 119 cm³/mol. The molecule has 0 fully saturated rings. The molecular formula is C24H20N2O3S. The molecule has 5 rings (SSSR count). The molecule has 1 atom stereocenters. The molecule has 1 aliphatic rings. The minimum absolute atomic E-state index is 0.157. The van der Waals surface area contributed by atoms with E-state index < -0.39 is 6.10 Å². The van der Waals surface area contributed by atoms with Gasteiger partial charge in [0, 0.05) is 0 Å². The van der Waals surface area contributed by atoms with E-state index >= 15 is 0 Å². The highest BCUT2D eigenvalue weighted by molar-refractivity contribution is 7.22. The summed E-state index contributed by atoms with van der Waals surface area (Å²) in [4.78, 5) is 20.1. The van der Waals surface area contributed by atoms with Gasteiger partial charge in [0.05, 0.1) is 15.9 Å². The molecule has 150 valence electrons. The number of fused-ring (bicyclic) bond motifs is 2. The van der Waals surface area contributed by atoms with Gasteiger partial charge in [-0.1, -0.05) is 54.7 Å². The lowest BCUT2D eigenvalue weighted by Gasteiger charge is -2.29. The molecule has 4 aromatic rings. The third-order valence-electron chi connectivity index (χ3n) is 5.06. The molecule has 30 heavy (non-hydrogen) atoms. The largest absolute Gasteiger partial charge is 0.485 e. The molecule has 0 saturated carbocycles. The second-order valence-corrected chi connectivity index (χ2v) is 8.03. The first kappa shape index (κ1) is 18.6. The van der Waals surface area contributed by atoms with E-state index in [1.165, 1.54) is 11.3 Å². The molecule has 6 heteroatoms. The van der Waals surface area contributed by atoms with Gasteiger partial charge in [-0.3, -0.25) is 9.69 Å². The minimum atomic E-state index is -0.753. The number of hydrogen-bond donors (Lipinski definition) is 0. The fraction of sp³-hybridized carbons (Fsp3) is 0.167. The number of para-hydroxylation sites is 3. The highest BCUT2D eigenvalue weighted by Crippen LogP contribution is 2.36. The number of aromatic nitrogens is 1. The Morgan fingerprint density at radius 3 is 2.70 bits per heavy atom. The number of anilines is 2. The molecule has 0 radical (unpaired) electrons. The van der Waals surface area contributed by atoms with Crippen LogP contribution in [0, 0.1) is 0 Å². The Morgan fingerprint density at radius 1 is 1.07 bits per heavy atom. The average molecular weight is 417 g/mol. The van der Waals surface area contributed by atoms with Crippen LogP contribution in [0.4, 0.5) is 10.8 Å². The van der Waals surface area contributed by atoms with E-state index in [-0.39, 0.29) is 12.5 Å². The quantitative estimate of drug-likeness (QED) is 0.449. The molecular weight excluding hydrogens is 396 g/mol. The van der Waals surface area contributed by atoms with E-state index in [1.807, 2.05) is 66.7 Å². The van der Waals surface area contributed by atoms with Gasteiger partial charge in [-0.05, 0) is 48.4 Å². The van der Waals surface area contributed by atoms with E-state index in [4.69, 9.17) is 14.5 Å². The summed E-state index contributed by atoms with van der Waals surface area (Å²) < 4.78 is 12.8. The topological polar surface area (TPSA) is 51.7 Å². The van der Waals surface area contributed by atoms with Crippen molar-refractivity contribution < 1.29 is 14.3 Å². The summed E-state index contributed by atoms with van der Waals surface area (Å²) in [6, 6.07) is 23.3. The maximum atomic E-state index is 13.7. The second kappa shape index (κ2) is 7.80. The predicted octanol–water partition coefficient (Wildman–Crippen LogP) is 5.36. The van der Waals surface area contributed by atoms with Gasteiger partial charge >= 0.3 is 0 Å². The van der Waals surface area contributed by atoms with Crippen LogP contribution in [0.5, 0.6) is 11.5 Å². The lowest BCUT2D eigenvalue weighted by atomic mass is 10.1. The van der Waals surface area contributed by atoms with E-state index in [9.17, 15) is 4.79 Å². The Hall–Kier alpha value is -3.38. The average Bonchev–Trinajstić information content (AvgIpc) is 3.22. The second-order valence-electron chi connectivity index (χ2n) is 7.03. The number of benzene rings is 3. The molecule has 1 amide bonds. The summed E-state index contributed by atoms with van der Waals surface area (Å²) in [5.74, 6) is 1.03. The highest BCUT2D eigenvalue weighted by Gasteiger charge is 2.34. The molecule has 3 aromatic carbocycles. The van der Waals surface area contributed by atoms with Crippen LogP contribution in [0.3, 0.4) is 0 Å². The SMILES string of the molecule is CCc1cccc(N(C(=O)C2COc3ccccc3O2)c2nc3ccccc3s2)c1. The third-order valence-corrected chi connectivity index (χ3v) is 6.08. The van der Waals surface area contributed by atoms with Gasteiger partial charge in [-0.25, -0.2) is 4.98 Å². The van der Waals surface area contributed by atoms with Crippen molar-refractivity contribution in [2.45, 2.75) is 19.4 Å². The van der Waals surface area contributed by atoms with E-state index in [1.54, 1.807) is 4.90 Å². The van der Waals surface area contributed by atoms with Crippen LogP contribution in [0.15, 0.2) is 72.8 Å². The lowest BCUT2D eigenvalue weighted by molar-refractivity contribution is -0.126.